The van der Waals surface area contributed by atoms with Crippen molar-refractivity contribution in [2.45, 2.75) is 77.2 Å². The first-order chi connectivity index (χ1) is 14.6. The molecule has 1 saturated heterocycles. The van der Waals surface area contributed by atoms with Crippen molar-refractivity contribution in [2.24, 2.45) is 0 Å². The lowest BCUT2D eigenvalue weighted by Gasteiger charge is -2.36. The van der Waals surface area contributed by atoms with Gasteiger partial charge < -0.3 is 10.2 Å². The smallest absolute Gasteiger partial charge is 0.222 e. The zero-order valence-electron chi connectivity index (χ0n) is 18.2. The summed E-state index contributed by atoms with van der Waals surface area (Å²) in [4.78, 5) is 22.0. The predicted molar refractivity (Wildman–Crippen MR) is 118 cm³/mol. The van der Waals surface area contributed by atoms with E-state index >= 15 is 0 Å². The topological polar surface area (TPSA) is 66.3 Å². The van der Waals surface area contributed by atoms with E-state index in [4.69, 9.17) is 0 Å². The number of hydrogen-bond acceptors (Lipinski definition) is 5. The van der Waals surface area contributed by atoms with Gasteiger partial charge in [0.1, 0.15) is 12.7 Å². The van der Waals surface area contributed by atoms with Crippen molar-refractivity contribution >= 4 is 11.6 Å². The fourth-order valence-corrected chi connectivity index (χ4v) is 5.12. The summed E-state index contributed by atoms with van der Waals surface area (Å²) in [5.41, 5.74) is 2.36. The minimum atomic E-state index is 0.233. The van der Waals surface area contributed by atoms with Crippen molar-refractivity contribution in [3.05, 3.63) is 42.5 Å². The van der Waals surface area contributed by atoms with Gasteiger partial charge in [0, 0.05) is 56.4 Å². The Bertz CT molecular complexity index is 821. The molecule has 7 nitrogen and oxygen atoms in total. The molecule has 0 unspecified atom stereocenters. The van der Waals surface area contributed by atoms with Crippen LogP contribution in [0.15, 0.2) is 36.9 Å². The average Bonchev–Trinajstić information content (AvgIpc) is 3.37. The maximum absolute atomic E-state index is 13.3. The summed E-state index contributed by atoms with van der Waals surface area (Å²) in [6.07, 6.45) is 8.10. The quantitative estimate of drug-likeness (QED) is 0.820. The van der Waals surface area contributed by atoms with E-state index in [9.17, 15) is 4.79 Å². The SMILES string of the molecule is CC(C)N1[C@H]2CCNc3ccccc3CN(C(=O)CCCn3cncn3)C[C@@H]1CC2. The van der Waals surface area contributed by atoms with E-state index in [0.29, 0.717) is 31.1 Å². The van der Waals surface area contributed by atoms with Gasteiger partial charge in [-0.1, -0.05) is 18.2 Å². The molecule has 0 saturated carbocycles. The van der Waals surface area contributed by atoms with Crippen LogP contribution in [0.3, 0.4) is 0 Å². The standard InChI is InChI=1S/C23H34N6O/c1-18(2)29-20-9-10-21(29)15-27(23(30)8-5-13-28-17-24-16-26-28)14-19-6-3-4-7-22(19)25-12-11-20/h3-4,6-7,16-18,20-21,25H,5,8-15H2,1-2H3/t20-,21+/m1/s1. The van der Waals surface area contributed by atoms with Gasteiger partial charge in [-0.2, -0.15) is 5.10 Å². The number of carbonyl (C=O) groups excluding carboxylic acids is 1. The van der Waals surface area contributed by atoms with Gasteiger partial charge in [-0.3, -0.25) is 14.4 Å². The molecule has 2 aromatic rings. The molecule has 4 rings (SSSR count). The maximum atomic E-state index is 13.3. The molecular weight excluding hydrogens is 376 g/mol. The van der Waals surface area contributed by atoms with Gasteiger partial charge in [0.2, 0.25) is 5.91 Å². The number of benzene rings is 1. The van der Waals surface area contributed by atoms with Crippen LogP contribution in [0.2, 0.25) is 0 Å². The lowest BCUT2D eigenvalue weighted by molar-refractivity contribution is -0.133. The first-order valence-corrected chi connectivity index (χ1v) is 11.3. The minimum absolute atomic E-state index is 0.233. The Hall–Kier alpha value is -2.41. The second-order valence-corrected chi connectivity index (χ2v) is 8.83. The van der Waals surface area contributed by atoms with Crippen LogP contribution in [0.4, 0.5) is 5.69 Å². The summed E-state index contributed by atoms with van der Waals surface area (Å²) in [5, 5.41) is 7.78. The lowest BCUT2D eigenvalue weighted by Crippen LogP contribution is -2.48. The number of nitrogens with zero attached hydrogens (tertiary/aromatic N) is 5. The third-order valence-corrected chi connectivity index (χ3v) is 6.47. The average molecular weight is 411 g/mol. The molecule has 2 bridgehead atoms. The molecule has 2 aliphatic heterocycles. The normalized spacial score (nSPS) is 22.4. The zero-order chi connectivity index (χ0) is 20.9. The van der Waals surface area contributed by atoms with Gasteiger partial charge in [-0.05, 0) is 51.2 Å². The van der Waals surface area contributed by atoms with Crippen LogP contribution in [-0.4, -0.2) is 61.7 Å². The number of aryl methyl sites for hydroxylation is 1. The highest BCUT2D eigenvalue weighted by Crippen LogP contribution is 2.31. The van der Waals surface area contributed by atoms with E-state index in [1.165, 1.54) is 24.7 Å². The molecule has 0 spiro atoms. The van der Waals surface area contributed by atoms with Crippen molar-refractivity contribution in [1.82, 2.24) is 24.6 Å². The molecule has 7 heteroatoms. The Kier molecular flexibility index (Phi) is 6.67. The second-order valence-electron chi connectivity index (χ2n) is 8.83. The van der Waals surface area contributed by atoms with E-state index in [-0.39, 0.29) is 5.91 Å². The fourth-order valence-electron chi connectivity index (χ4n) is 5.12. The summed E-state index contributed by atoms with van der Waals surface area (Å²) >= 11 is 0. The van der Waals surface area contributed by atoms with Crippen molar-refractivity contribution in [2.75, 3.05) is 18.4 Å². The summed E-state index contributed by atoms with van der Waals surface area (Å²) in [6, 6.07) is 9.96. The van der Waals surface area contributed by atoms with Crippen LogP contribution in [0.5, 0.6) is 0 Å². The molecule has 1 N–H and O–H groups in total. The largest absolute Gasteiger partial charge is 0.385 e. The highest BCUT2D eigenvalue weighted by atomic mass is 16.2. The van der Waals surface area contributed by atoms with E-state index in [2.05, 4.69) is 63.3 Å². The Morgan fingerprint density at radius 3 is 2.83 bits per heavy atom. The molecule has 0 radical (unpaired) electrons. The van der Waals surface area contributed by atoms with Gasteiger partial charge in [-0.25, -0.2) is 4.98 Å². The lowest BCUT2D eigenvalue weighted by atomic mass is 10.1. The second kappa shape index (κ2) is 9.60. The molecule has 2 aliphatic rings. The summed E-state index contributed by atoms with van der Waals surface area (Å²) in [6.45, 7) is 7.75. The predicted octanol–water partition coefficient (Wildman–Crippen LogP) is 3.14. The molecular formula is C23H34N6O. The first kappa shape index (κ1) is 20.8. The van der Waals surface area contributed by atoms with E-state index in [1.54, 1.807) is 11.0 Å². The molecule has 3 heterocycles. The molecule has 1 aromatic carbocycles. The first-order valence-electron chi connectivity index (χ1n) is 11.3. The maximum Gasteiger partial charge on any atom is 0.222 e. The van der Waals surface area contributed by atoms with Crippen molar-refractivity contribution < 1.29 is 4.79 Å². The Labute approximate surface area is 179 Å². The van der Waals surface area contributed by atoms with Crippen LogP contribution >= 0.6 is 0 Å². The molecule has 2 atom stereocenters. The molecule has 30 heavy (non-hydrogen) atoms. The number of nitrogens with one attached hydrogen (secondary N) is 1. The van der Waals surface area contributed by atoms with Crippen LogP contribution in [0.25, 0.3) is 0 Å². The van der Waals surface area contributed by atoms with Gasteiger partial charge >= 0.3 is 0 Å². The number of rotatable bonds is 5. The van der Waals surface area contributed by atoms with E-state index in [1.807, 2.05) is 0 Å². The highest BCUT2D eigenvalue weighted by molar-refractivity contribution is 5.76. The molecule has 1 amide bonds. The van der Waals surface area contributed by atoms with Crippen molar-refractivity contribution in [1.29, 1.82) is 0 Å². The number of amides is 1. The van der Waals surface area contributed by atoms with Gasteiger partial charge in [-0.15, -0.1) is 0 Å². The van der Waals surface area contributed by atoms with Crippen molar-refractivity contribution in [3.63, 3.8) is 0 Å². The Morgan fingerprint density at radius 1 is 1.20 bits per heavy atom. The van der Waals surface area contributed by atoms with Crippen LogP contribution in [0.1, 0.15) is 51.5 Å². The number of carbonyl (C=O) groups is 1. The summed E-state index contributed by atoms with van der Waals surface area (Å²) in [7, 11) is 0. The molecule has 1 aromatic heterocycles. The fraction of sp³-hybridized carbons (Fsp3) is 0.609. The summed E-state index contributed by atoms with van der Waals surface area (Å²) in [5.74, 6) is 0.233. The van der Waals surface area contributed by atoms with Crippen LogP contribution in [-0.2, 0) is 17.9 Å². The molecule has 0 aliphatic carbocycles. The van der Waals surface area contributed by atoms with Gasteiger partial charge in [0.25, 0.3) is 0 Å². The van der Waals surface area contributed by atoms with Crippen LogP contribution < -0.4 is 5.32 Å². The highest BCUT2D eigenvalue weighted by Gasteiger charge is 2.36. The third-order valence-electron chi connectivity index (χ3n) is 6.47. The Morgan fingerprint density at radius 2 is 2.03 bits per heavy atom. The van der Waals surface area contributed by atoms with E-state index < -0.39 is 0 Å². The van der Waals surface area contributed by atoms with Crippen molar-refractivity contribution in [3.8, 4) is 0 Å². The molecule has 1 fully saturated rings. The van der Waals surface area contributed by atoms with Crippen LogP contribution in [0, 0.1) is 0 Å². The zero-order valence-corrected chi connectivity index (χ0v) is 18.2. The van der Waals surface area contributed by atoms with E-state index in [0.717, 1.165) is 38.2 Å². The monoisotopic (exact) mass is 410 g/mol. The summed E-state index contributed by atoms with van der Waals surface area (Å²) < 4.78 is 1.79. The van der Waals surface area contributed by atoms with Gasteiger partial charge in [0.05, 0.1) is 0 Å². The number of anilines is 1. The third kappa shape index (κ3) is 4.83. The molecule has 162 valence electrons. The Balaban J connectivity index is 1.52. The van der Waals surface area contributed by atoms with Gasteiger partial charge in [0.15, 0.2) is 0 Å². The number of hydrogen-bond donors (Lipinski definition) is 1. The number of fused-ring (bicyclic) bond motifs is 3. The number of aromatic nitrogens is 3. The minimum Gasteiger partial charge on any atom is -0.385 e. The number of para-hydroxylation sites is 1.